The van der Waals surface area contributed by atoms with Crippen molar-refractivity contribution in [1.82, 2.24) is 9.55 Å². The van der Waals surface area contributed by atoms with Gasteiger partial charge in [0.1, 0.15) is 17.8 Å². The predicted octanol–water partition coefficient (Wildman–Crippen LogP) is -2.46. The van der Waals surface area contributed by atoms with Crippen LogP contribution in [0, 0.1) is 0 Å². The number of aromatic amines is 1. The van der Waals surface area contributed by atoms with Crippen LogP contribution in [-0.4, -0.2) is 49.3 Å². The molecule has 0 aliphatic carbocycles. The van der Waals surface area contributed by atoms with E-state index in [9.17, 15) is 19.8 Å². The molecule has 2 unspecified atom stereocenters. The topological polar surface area (TPSA) is 125 Å². The standard InChI is InChI=1S/C10H14N2O6/c1-10(17)5(4-13)18-8(7(10)15)12-3-2-6(14)11-9(12)16/h2-3,5,7-8,13,15,17H,4H2,1H3,(H,11,14,16)/t5-,7?,8-,10?/m1/s1. The summed E-state index contributed by atoms with van der Waals surface area (Å²) in [7, 11) is 0. The number of H-pyrrole nitrogens is 1. The van der Waals surface area contributed by atoms with E-state index in [0.29, 0.717) is 0 Å². The first-order chi connectivity index (χ1) is 8.37. The maximum Gasteiger partial charge on any atom is 0.330 e. The Hall–Kier alpha value is -1.48. The van der Waals surface area contributed by atoms with E-state index in [1.165, 1.54) is 6.92 Å². The molecule has 0 aromatic carbocycles. The lowest BCUT2D eigenvalue weighted by molar-refractivity contribution is -0.0807. The average Bonchev–Trinajstić information content (AvgIpc) is 2.52. The summed E-state index contributed by atoms with van der Waals surface area (Å²) in [5.74, 6) is 0. The lowest BCUT2D eigenvalue weighted by Gasteiger charge is -2.25. The van der Waals surface area contributed by atoms with Crippen molar-refractivity contribution in [3.8, 4) is 0 Å². The Morgan fingerprint density at radius 1 is 1.56 bits per heavy atom. The number of aliphatic hydroxyl groups is 3. The molecular weight excluding hydrogens is 244 g/mol. The van der Waals surface area contributed by atoms with Gasteiger partial charge in [-0.15, -0.1) is 0 Å². The third-order valence-corrected chi connectivity index (χ3v) is 3.12. The number of aliphatic hydroxyl groups excluding tert-OH is 2. The minimum atomic E-state index is -1.69. The Balaban J connectivity index is 2.41. The van der Waals surface area contributed by atoms with Crippen molar-refractivity contribution in [3.05, 3.63) is 33.1 Å². The molecule has 1 fully saturated rings. The molecular formula is C10H14N2O6. The summed E-state index contributed by atoms with van der Waals surface area (Å²) in [6.07, 6.45) is -2.43. The first kappa shape index (κ1) is 13.0. The van der Waals surface area contributed by atoms with Crippen molar-refractivity contribution in [2.45, 2.75) is 31.0 Å². The van der Waals surface area contributed by atoms with E-state index in [0.717, 1.165) is 16.8 Å². The fourth-order valence-corrected chi connectivity index (χ4v) is 1.93. The van der Waals surface area contributed by atoms with Crippen LogP contribution in [-0.2, 0) is 4.74 Å². The minimum Gasteiger partial charge on any atom is -0.394 e. The molecule has 1 aromatic heterocycles. The van der Waals surface area contributed by atoms with Crippen molar-refractivity contribution in [1.29, 1.82) is 0 Å². The smallest absolute Gasteiger partial charge is 0.330 e. The van der Waals surface area contributed by atoms with E-state index in [-0.39, 0.29) is 0 Å². The fourth-order valence-electron chi connectivity index (χ4n) is 1.93. The molecule has 18 heavy (non-hydrogen) atoms. The fraction of sp³-hybridized carbons (Fsp3) is 0.600. The quantitative estimate of drug-likeness (QED) is 0.466. The van der Waals surface area contributed by atoms with Gasteiger partial charge in [-0.2, -0.15) is 0 Å². The second-order valence-electron chi connectivity index (χ2n) is 4.39. The molecule has 2 heterocycles. The second-order valence-corrected chi connectivity index (χ2v) is 4.39. The zero-order valence-corrected chi connectivity index (χ0v) is 9.61. The van der Waals surface area contributed by atoms with Gasteiger partial charge in [0.15, 0.2) is 6.23 Å². The summed E-state index contributed by atoms with van der Waals surface area (Å²) in [6, 6.07) is 1.10. The highest BCUT2D eigenvalue weighted by molar-refractivity contribution is 5.00. The number of rotatable bonds is 2. The second kappa shape index (κ2) is 4.32. The van der Waals surface area contributed by atoms with Gasteiger partial charge in [-0.05, 0) is 6.92 Å². The summed E-state index contributed by atoms with van der Waals surface area (Å²) in [6.45, 7) is 0.800. The molecule has 8 heteroatoms. The zero-order chi connectivity index (χ0) is 13.5. The molecule has 1 aliphatic rings. The van der Waals surface area contributed by atoms with E-state index >= 15 is 0 Å². The van der Waals surface area contributed by atoms with Gasteiger partial charge in [0.05, 0.1) is 6.61 Å². The van der Waals surface area contributed by atoms with Crippen molar-refractivity contribution in [2.24, 2.45) is 0 Å². The number of nitrogens with zero attached hydrogens (tertiary/aromatic N) is 1. The molecule has 0 saturated carbocycles. The molecule has 1 aliphatic heterocycles. The van der Waals surface area contributed by atoms with E-state index in [1.807, 2.05) is 4.98 Å². The third-order valence-electron chi connectivity index (χ3n) is 3.12. The summed E-state index contributed by atoms with van der Waals surface area (Å²) in [4.78, 5) is 24.5. The van der Waals surface area contributed by atoms with Gasteiger partial charge in [-0.3, -0.25) is 14.3 Å². The Morgan fingerprint density at radius 2 is 2.22 bits per heavy atom. The van der Waals surface area contributed by atoms with Gasteiger partial charge in [-0.1, -0.05) is 0 Å². The van der Waals surface area contributed by atoms with Crippen LogP contribution in [0.15, 0.2) is 21.9 Å². The van der Waals surface area contributed by atoms with Crippen molar-refractivity contribution >= 4 is 0 Å². The largest absolute Gasteiger partial charge is 0.394 e. The van der Waals surface area contributed by atoms with Crippen molar-refractivity contribution in [3.63, 3.8) is 0 Å². The molecule has 0 radical (unpaired) electrons. The Labute approximate surface area is 101 Å². The summed E-state index contributed by atoms with van der Waals surface area (Å²) >= 11 is 0. The first-order valence-corrected chi connectivity index (χ1v) is 5.36. The molecule has 0 amide bonds. The molecule has 4 atom stereocenters. The van der Waals surface area contributed by atoms with Gasteiger partial charge in [0.25, 0.3) is 5.56 Å². The van der Waals surface area contributed by atoms with Gasteiger partial charge < -0.3 is 20.1 Å². The normalized spacial score (nSPS) is 35.9. The van der Waals surface area contributed by atoms with E-state index in [4.69, 9.17) is 9.84 Å². The van der Waals surface area contributed by atoms with Crippen LogP contribution in [0.25, 0.3) is 0 Å². The van der Waals surface area contributed by atoms with Crippen LogP contribution in [0.4, 0.5) is 0 Å². The Bertz CT molecular complexity index is 548. The number of aromatic nitrogens is 2. The molecule has 8 nitrogen and oxygen atoms in total. The van der Waals surface area contributed by atoms with E-state index in [1.54, 1.807) is 0 Å². The predicted molar refractivity (Wildman–Crippen MR) is 58.9 cm³/mol. The number of ether oxygens (including phenoxy) is 1. The molecule has 4 N–H and O–H groups in total. The molecule has 0 spiro atoms. The Kier molecular flexibility index (Phi) is 3.11. The summed E-state index contributed by atoms with van der Waals surface area (Å²) < 4.78 is 6.19. The van der Waals surface area contributed by atoms with E-state index in [2.05, 4.69) is 0 Å². The van der Waals surface area contributed by atoms with Crippen LogP contribution >= 0.6 is 0 Å². The summed E-state index contributed by atoms with van der Waals surface area (Å²) in [5.41, 5.74) is -3.02. The van der Waals surface area contributed by atoms with Crippen LogP contribution in [0.2, 0.25) is 0 Å². The third kappa shape index (κ3) is 1.89. The molecule has 2 rings (SSSR count). The zero-order valence-electron chi connectivity index (χ0n) is 9.61. The lowest BCUT2D eigenvalue weighted by atomic mass is 9.95. The van der Waals surface area contributed by atoms with Gasteiger partial charge in [-0.25, -0.2) is 4.79 Å². The Morgan fingerprint density at radius 3 is 2.72 bits per heavy atom. The maximum absolute atomic E-state index is 11.6. The highest BCUT2D eigenvalue weighted by Gasteiger charge is 2.52. The molecule has 1 saturated heterocycles. The SMILES string of the molecule is CC1(O)C(O)[C@H](n2ccc(=O)[nH]c2=O)O[C@@H]1CO. The highest BCUT2D eigenvalue weighted by atomic mass is 16.6. The number of hydrogen-bond donors (Lipinski definition) is 4. The highest BCUT2D eigenvalue weighted by Crippen LogP contribution is 2.35. The molecule has 0 bridgehead atoms. The average molecular weight is 258 g/mol. The lowest BCUT2D eigenvalue weighted by Crippen LogP contribution is -2.46. The van der Waals surface area contributed by atoms with Crippen LogP contribution < -0.4 is 11.2 Å². The van der Waals surface area contributed by atoms with Crippen LogP contribution in [0.3, 0.4) is 0 Å². The number of hydrogen-bond acceptors (Lipinski definition) is 6. The molecule has 100 valence electrons. The maximum atomic E-state index is 11.6. The van der Waals surface area contributed by atoms with Gasteiger partial charge in [0, 0.05) is 12.3 Å². The minimum absolute atomic E-state index is 0.501. The van der Waals surface area contributed by atoms with E-state index < -0.39 is 41.9 Å². The summed E-state index contributed by atoms with van der Waals surface area (Å²) in [5, 5.41) is 29.0. The van der Waals surface area contributed by atoms with Crippen molar-refractivity contribution < 1.29 is 20.1 Å². The van der Waals surface area contributed by atoms with Gasteiger partial charge in [0.2, 0.25) is 0 Å². The van der Waals surface area contributed by atoms with Crippen LogP contribution in [0.1, 0.15) is 13.2 Å². The molecule has 1 aromatic rings. The van der Waals surface area contributed by atoms with Gasteiger partial charge >= 0.3 is 5.69 Å². The van der Waals surface area contributed by atoms with Crippen LogP contribution in [0.5, 0.6) is 0 Å². The number of nitrogens with one attached hydrogen (secondary N) is 1. The van der Waals surface area contributed by atoms with Crippen molar-refractivity contribution in [2.75, 3.05) is 6.61 Å². The first-order valence-electron chi connectivity index (χ1n) is 5.36. The monoisotopic (exact) mass is 258 g/mol.